The van der Waals surface area contributed by atoms with Gasteiger partial charge < -0.3 is 19.3 Å². The topological polar surface area (TPSA) is 126 Å². The van der Waals surface area contributed by atoms with E-state index in [0.717, 1.165) is 16.8 Å². The molecule has 0 unspecified atom stereocenters. The number of fused-ring (bicyclic) bond motifs is 1. The molecule has 2 atom stereocenters. The van der Waals surface area contributed by atoms with Gasteiger partial charge in [0.05, 0.1) is 12.3 Å². The molecule has 0 spiro atoms. The molecule has 9 nitrogen and oxygen atoms in total. The van der Waals surface area contributed by atoms with Gasteiger partial charge in [0.25, 0.3) is 5.91 Å². The Morgan fingerprint density at radius 1 is 0.872 bits per heavy atom. The number of aliphatic hydroxyl groups is 1. The average molecular weight is 529 g/mol. The summed E-state index contributed by atoms with van der Waals surface area (Å²) < 4.78 is 17.6. The summed E-state index contributed by atoms with van der Waals surface area (Å²) >= 11 is 0. The SMILES string of the molecule is O=C(/C=C/[C@H](Oc1ccccc1)[C@@H](OC(=O)Nc1cccc2ccccc12)c1cccc(OCCO)c1)NO. The minimum atomic E-state index is -1.05. The highest BCUT2D eigenvalue weighted by molar-refractivity contribution is 6.00. The van der Waals surface area contributed by atoms with Crippen molar-refractivity contribution < 1.29 is 34.1 Å². The summed E-state index contributed by atoms with van der Waals surface area (Å²) in [6.45, 7) is -0.0899. The van der Waals surface area contributed by atoms with Crippen molar-refractivity contribution in [2.75, 3.05) is 18.5 Å². The van der Waals surface area contributed by atoms with Gasteiger partial charge in [0.15, 0.2) is 12.2 Å². The molecule has 0 aromatic heterocycles. The van der Waals surface area contributed by atoms with Crippen LogP contribution in [0.5, 0.6) is 11.5 Å². The smallest absolute Gasteiger partial charge is 0.412 e. The molecule has 200 valence electrons. The first-order valence-corrected chi connectivity index (χ1v) is 12.2. The third-order valence-corrected chi connectivity index (χ3v) is 5.67. The van der Waals surface area contributed by atoms with E-state index < -0.39 is 24.2 Å². The van der Waals surface area contributed by atoms with Crippen molar-refractivity contribution >= 4 is 28.5 Å². The normalized spacial score (nSPS) is 12.5. The molecule has 0 heterocycles. The molecule has 0 aliphatic heterocycles. The number of hydrogen-bond donors (Lipinski definition) is 4. The van der Waals surface area contributed by atoms with Gasteiger partial charge in [-0.25, -0.2) is 10.3 Å². The lowest BCUT2D eigenvalue weighted by atomic mass is 10.0. The number of benzene rings is 4. The Morgan fingerprint density at radius 3 is 2.38 bits per heavy atom. The second kappa shape index (κ2) is 13.6. The fourth-order valence-electron chi connectivity index (χ4n) is 3.94. The van der Waals surface area contributed by atoms with Gasteiger partial charge in [0.1, 0.15) is 18.1 Å². The number of nitrogens with one attached hydrogen (secondary N) is 2. The second-order valence-corrected chi connectivity index (χ2v) is 8.35. The van der Waals surface area contributed by atoms with Crippen LogP contribution in [0.1, 0.15) is 11.7 Å². The van der Waals surface area contributed by atoms with Crippen LogP contribution >= 0.6 is 0 Å². The number of carbonyl (C=O) groups is 2. The summed E-state index contributed by atoms with van der Waals surface area (Å²) in [7, 11) is 0. The van der Waals surface area contributed by atoms with Crippen LogP contribution in [-0.2, 0) is 9.53 Å². The van der Waals surface area contributed by atoms with Crippen molar-refractivity contribution in [3.63, 3.8) is 0 Å². The Kier molecular flexibility index (Phi) is 9.49. The molecule has 0 radical (unpaired) electrons. The number of anilines is 1. The largest absolute Gasteiger partial charge is 0.491 e. The van der Waals surface area contributed by atoms with E-state index >= 15 is 0 Å². The highest BCUT2D eigenvalue weighted by Gasteiger charge is 2.28. The molecule has 0 saturated carbocycles. The third-order valence-electron chi connectivity index (χ3n) is 5.67. The number of carbonyl (C=O) groups excluding carboxylic acids is 2. The maximum atomic E-state index is 13.3. The molecule has 4 aromatic carbocycles. The van der Waals surface area contributed by atoms with Crippen LogP contribution in [0, 0.1) is 0 Å². The monoisotopic (exact) mass is 528 g/mol. The van der Waals surface area contributed by atoms with Gasteiger partial charge in [-0.2, -0.15) is 0 Å². The lowest BCUT2D eigenvalue weighted by Crippen LogP contribution is -2.30. The van der Waals surface area contributed by atoms with Crippen LogP contribution in [0.4, 0.5) is 10.5 Å². The van der Waals surface area contributed by atoms with Crippen molar-refractivity contribution in [3.8, 4) is 11.5 Å². The van der Waals surface area contributed by atoms with Gasteiger partial charge >= 0.3 is 6.09 Å². The zero-order valence-corrected chi connectivity index (χ0v) is 20.9. The van der Waals surface area contributed by atoms with E-state index in [1.807, 2.05) is 42.5 Å². The van der Waals surface area contributed by atoms with Gasteiger partial charge in [-0.15, -0.1) is 0 Å². The number of rotatable bonds is 11. The van der Waals surface area contributed by atoms with Crippen molar-refractivity contribution in [1.82, 2.24) is 5.48 Å². The zero-order chi connectivity index (χ0) is 27.5. The molecular weight excluding hydrogens is 500 g/mol. The first-order chi connectivity index (χ1) is 19.1. The van der Waals surface area contributed by atoms with E-state index in [1.165, 1.54) is 6.08 Å². The molecule has 4 aromatic rings. The maximum absolute atomic E-state index is 13.3. The molecule has 4 rings (SSSR count). The van der Waals surface area contributed by atoms with Crippen molar-refractivity contribution in [3.05, 3.63) is 115 Å². The Hall–Kier alpha value is -4.86. The van der Waals surface area contributed by atoms with Gasteiger partial charge in [0.2, 0.25) is 0 Å². The van der Waals surface area contributed by atoms with Crippen molar-refractivity contribution in [1.29, 1.82) is 0 Å². The fraction of sp³-hybridized carbons (Fsp3) is 0.133. The van der Waals surface area contributed by atoms with Crippen LogP contribution in [0.2, 0.25) is 0 Å². The molecule has 0 aliphatic carbocycles. The Bertz CT molecular complexity index is 1420. The fourth-order valence-corrected chi connectivity index (χ4v) is 3.94. The highest BCUT2D eigenvalue weighted by atomic mass is 16.6. The first-order valence-electron chi connectivity index (χ1n) is 12.2. The van der Waals surface area contributed by atoms with Crippen LogP contribution in [0.15, 0.2) is 109 Å². The zero-order valence-electron chi connectivity index (χ0n) is 20.9. The summed E-state index contributed by atoms with van der Waals surface area (Å²) in [6.07, 6.45) is -0.328. The lowest BCUT2D eigenvalue weighted by Gasteiger charge is -2.26. The Balaban J connectivity index is 1.69. The minimum absolute atomic E-state index is 0.0804. The van der Waals surface area contributed by atoms with Gasteiger partial charge in [0, 0.05) is 17.0 Å². The van der Waals surface area contributed by atoms with E-state index in [9.17, 15) is 9.59 Å². The number of aliphatic hydroxyl groups excluding tert-OH is 1. The summed E-state index contributed by atoms with van der Waals surface area (Å²) in [4.78, 5) is 25.1. The first kappa shape index (κ1) is 27.2. The maximum Gasteiger partial charge on any atom is 0.412 e. The minimum Gasteiger partial charge on any atom is -0.491 e. The molecule has 0 aliphatic rings. The van der Waals surface area contributed by atoms with Gasteiger partial charge in [-0.1, -0.05) is 66.7 Å². The third kappa shape index (κ3) is 7.57. The molecule has 39 heavy (non-hydrogen) atoms. The number of amides is 2. The summed E-state index contributed by atoms with van der Waals surface area (Å²) in [5, 5.41) is 22.7. The Morgan fingerprint density at radius 2 is 1.59 bits per heavy atom. The standard InChI is InChI=1S/C30H28N2O7/c33-18-19-37-24-13-6-10-22(20-24)29(27(16-17-28(34)32-36)38-23-11-2-1-3-12-23)39-30(35)31-26-15-7-9-21-8-4-5-14-25(21)26/h1-17,20,27,29,33,36H,18-19H2,(H,31,35)(H,32,34)/b17-16+/t27-,29-/m0/s1. The molecular formula is C30H28N2O7. The van der Waals surface area contributed by atoms with Gasteiger partial charge in [-0.3, -0.25) is 15.3 Å². The quantitative estimate of drug-likeness (QED) is 0.122. The van der Waals surface area contributed by atoms with Gasteiger partial charge in [-0.05, 0) is 41.8 Å². The summed E-state index contributed by atoms with van der Waals surface area (Å²) in [5.41, 5.74) is 2.61. The molecule has 2 amide bonds. The average Bonchev–Trinajstić information content (AvgIpc) is 2.97. The van der Waals surface area contributed by atoms with E-state index in [-0.39, 0.29) is 13.2 Å². The van der Waals surface area contributed by atoms with E-state index in [1.54, 1.807) is 60.1 Å². The summed E-state index contributed by atoms with van der Waals surface area (Å²) in [6, 6.07) is 28.8. The number of hydroxylamine groups is 1. The molecule has 0 bridgehead atoms. The Labute approximate surface area is 225 Å². The van der Waals surface area contributed by atoms with E-state index in [2.05, 4.69) is 5.32 Å². The molecule has 9 heteroatoms. The molecule has 0 fully saturated rings. The van der Waals surface area contributed by atoms with Crippen LogP contribution in [0.25, 0.3) is 10.8 Å². The molecule has 0 saturated heterocycles. The predicted octanol–water partition coefficient (Wildman–Crippen LogP) is 5.01. The van der Waals surface area contributed by atoms with Crippen molar-refractivity contribution in [2.24, 2.45) is 0 Å². The second-order valence-electron chi connectivity index (χ2n) is 8.35. The molecule has 4 N–H and O–H groups in total. The number of para-hydroxylation sites is 1. The van der Waals surface area contributed by atoms with E-state index in [0.29, 0.717) is 22.7 Å². The van der Waals surface area contributed by atoms with E-state index in [4.69, 9.17) is 24.5 Å². The summed E-state index contributed by atoms with van der Waals surface area (Å²) in [5.74, 6) is 0.128. The van der Waals surface area contributed by atoms with Crippen LogP contribution in [-0.4, -0.2) is 41.6 Å². The number of hydrogen-bond acceptors (Lipinski definition) is 7. The number of ether oxygens (including phenoxy) is 3. The highest BCUT2D eigenvalue weighted by Crippen LogP contribution is 2.30. The van der Waals surface area contributed by atoms with Crippen molar-refractivity contribution in [2.45, 2.75) is 12.2 Å². The van der Waals surface area contributed by atoms with Crippen LogP contribution < -0.4 is 20.3 Å². The lowest BCUT2D eigenvalue weighted by molar-refractivity contribution is -0.124. The van der Waals surface area contributed by atoms with Crippen LogP contribution in [0.3, 0.4) is 0 Å². The predicted molar refractivity (Wildman–Crippen MR) is 146 cm³/mol.